The van der Waals surface area contributed by atoms with Gasteiger partial charge in [-0.1, -0.05) is 0 Å². The molecule has 0 saturated carbocycles. The third kappa shape index (κ3) is 3.01. The fourth-order valence-electron chi connectivity index (χ4n) is 1.66. The zero-order valence-corrected chi connectivity index (χ0v) is 9.63. The molecule has 2 heterocycles. The van der Waals surface area contributed by atoms with Gasteiger partial charge in [-0.25, -0.2) is 14.8 Å². The number of carboxylic acid groups (broad SMARTS) is 1. The highest BCUT2D eigenvalue weighted by atomic mass is 16.5. The summed E-state index contributed by atoms with van der Waals surface area (Å²) in [6, 6.07) is 0. The molecule has 0 radical (unpaired) electrons. The number of hydrogen-bond acceptors (Lipinski definition) is 5. The standard InChI is InChI=1S/C11H13N3O4/c15-10(14-4-7-2-1-3-18-7)8-5-13-9(6-12-8)11(16)17/h5-7H,1-4H2,(H,14,15)(H,16,17). The molecule has 1 aliphatic heterocycles. The van der Waals surface area contributed by atoms with Crippen LogP contribution in [0.25, 0.3) is 0 Å². The average Bonchev–Trinajstić information content (AvgIpc) is 2.89. The van der Waals surface area contributed by atoms with Crippen LogP contribution in [0.3, 0.4) is 0 Å². The summed E-state index contributed by atoms with van der Waals surface area (Å²) in [5, 5.41) is 11.3. The number of carbonyl (C=O) groups is 2. The van der Waals surface area contributed by atoms with Crippen LogP contribution in [0.4, 0.5) is 0 Å². The first-order chi connectivity index (χ1) is 8.66. The minimum Gasteiger partial charge on any atom is -0.476 e. The van der Waals surface area contributed by atoms with Gasteiger partial charge >= 0.3 is 5.97 Å². The quantitative estimate of drug-likeness (QED) is 0.786. The Bertz CT molecular complexity index is 440. The van der Waals surface area contributed by atoms with E-state index in [0.717, 1.165) is 31.8 Å². The molecule has 1 saturated heterocycles. The first kappa shape index (κ1) is 12.4. The number of aromatic nitrogens is 2. The molecule has 1 fully saturated rings. The van der Waals surface area contributed by atoms with Crippen LogP contribution in [-0.4, -0.2) is 46.2 Å². The lowest BCUT2D eigenvalue weighted by Gasteiger charge is -2.10. The molecule has 18 heavy (non-hydrogen) atoms. The van der Waals surface area contributed by atoms with E-state index in [2.05, 4.69) is 15.3 Å². The summed E-state index contributed by atoms with van der Waals surface area (Å²) in [4.78, 5) is 29.6. The third-order valence-corrected chi connectivity index (χ3v) is 2.62. The Balaban J connectivity index is 1.89. The second-order valence-corrected chi connectivity index (χ2v) is 3.94. The van der Waals surface area contributed by atoms with Gasteiger partial charge in [0, 0.05) is 13.2 Å². The molecular formula is C11H13N3O4. The van der Waals surface area contributed by atoms with E-state index in [1.54, 1.807) is 0 Å². The van der Waals surface area contributed by atoms with Gasteiger partial charge in [-0.2, -0.15) is 0 Å². The topological polar surface area (TPSA) is 101 Å². The van der Waals surface area contributed by atoms with E-state index in [1.807, 2.05) is 0 Å². The molecule has 1 aromatic heterocycles. The van der Waals surface area contributed by atoms with Crippen LogP contribution < -0.4 is 5.32 Å². The van der Waals surface area contributed by atoms with E-state index in [1.165, 1.54) is 0 Å². The number of ether oxygens (including phenoxy) is 1. The van der Waals surface area contributed by atoms with E-state index in [0.29, 0.717) is 6.54 Å². The summed E-state index contributed by atoms with van der Waals surface area (Å²) in [5.41, 5.74) is -0.0938. The number of aromatic carboxylic acids is 1. The fraction of sp³-hybridized carbons (Fsp3) is 0.455. The molecule has 1 aromatic rings. The van der Waals surface area contributed by atoms with E-state index in [9.17, 15) is 9.59 Å². The van der Waals surface area contributed by atoms with Gasteiger partial charge in [0.1, 0.15) is 5.69 Å². The fourth-order valence-corrected chi connectivity index (χ4v) is 1.66. The van der Waals surface area contributed by atoms with Crippen molar-refractivity contribution in [3.8, 4) is 0 Å². The van der Waals surface area contributed by atoms with Crippen molar-refractivity contribution in [1.29, 1.82) is 0 Å². The number of nitrogens with zero attached hydrogens (tertiary/aromatic N) is 2. The molecule has 2 rings (SSSR count). The largest absolute Gasteiger partial charge is 0.476 e. The van der Waals surface area contributed by atoms with E-state index in [-0.39, 0.29) is 23.4 Å². The predicted molar refractivity (Wildman–Crippen MR) is 60.3 cm³/mol. The first-order valence-corrected chi connectivity index (χ1v) is 5.62. The van der Waals surface area contributed by atoms with Crippen LogP contribution in [0, 0.1) is 0 Å². The van der Waals surface area contributed by atoms with Crippen LogP contribution in [0.1, 0.15) is 33.8 Å². The Morgan fingerprint density at radius 2 is 2.11 bits per heavy atom. The Hall–Kier alpha value is -2.02. The SMILES string of the molecule is O=C(O)c1cnc(C(=O)NCC2CCCO2)cn1. The van der Waals surface area contributed by atoms with Crippen molar-refractivity contribution < 1.29 is 19.4 Å². The van der Waals surface area contributed by atoms with Gasteiger partial charge in [-0.3, -0.25) is 4.79 Å². The van der Waals surface area contributed by atoms with Crippen molar-refractivity contribution in [3.05, 3.63) is 23.8 Å². The lowest BCUT2D eigenvalue weighted by Crippen LogP contribution is -2.32. The second-order valence-electron chi connectivity index (χ2n) is 3.94. The number of rotatable bonds is 4. The minimum absolute atomic E-state index is 0.0557. The number of amides is 1. The van der Waals surface area contributed by atoms with Gasteiger partial charge in [0.05, 0.1) is 18.5 Å². The maximum Gasteiger partial charge on any atom is 0.356 e. The zero-order chi connectivity index (χ0) is 13.0. The number of nitrogens with one attached hydrogen (secondary N) is 1. The normalized spacial score (nSPS) is 18.6. The molecule has 2 N–H and O–H groups in total. The minimum atomic E-state index is -1.17. The molecular weight excluding hydrogens is 238 g/mol. The van der Waals surface area contributed by atoms with Crippen LogP contribution in [-0.2, 0) is 4.74 Å². The van der Waals surface area contributed by atoms with Crippen molar-refractivity contribution in [1.82, 2.24) is 15.3 Å². The molecule has 7 nitrogen and oxygen atoms in total. The molecule has 1 amide bonds. The summed E-state index contributed by atoms with van der Waals surface area (Å²) in [5.74, 6) is -1.55. The van der Waals surface area contributed by atoms with Gasteiger partial charge in [0.2, 0.25) is 0 Å². The Labute approximate surface area is 103 Å². The van der Waals surface area contributed by atoms with Crippen LogP contribution in [0.15, 0.2) is 12.4 Å². The third-order valence-electron chi connectivity index (χ3n) is 2.62. The highest BCUT2D eigenvalue weighted by Crippen LogP contribution is 2.10. The molecule has 0 spiro atoms. The summed E-state index contributed by atoms with van der Waals surface area (Å²) < 4.78 is 5.36. The van der Waals surface area contributed by atoms with E-state index in [4.69, 9.17) is 9.84 Å². The average molecular weight is 251 g/mol. The molecule has 1 unspecified atom stereocenters. The molecule has 0 bridgehead atoms. The van der Waals surface area contributed by atoms with Crippen LogP contribution in [0.5, 0.6) is 0 Å². The van der Waals surface area contributed by atoms with Gasteiger partial charge < -0.3 is 15.2 Å². The Morgan fingerprint density at radius 3 is 2.67 bits per heavy atom. The zero-order valence-electron chi connectivity index (χ0n) is 9.63. The molecule has 7 heteroatoms. The van der Waals surface area contributed by atoms with Gasteiger partial charge in [-0.15, -0.1) is 0 Å². The molecule has 1 aliphatic rings. The lowest BCUT2D eigenvalue weighted by molar-refractivity contribution is 0.0688. The maximum absolute atomic E-state index is 11.7. The van der Waals surface area contributed by atoms with Crippen molar-refractivity contribution in [3.63, 3.8) is 0 Å². The van der Waals surface area contributed by atoms with Crippen LogP contribution in [0.2, 0.25) is 0 Å². The van der Waals surface area contributed by atoms with Crippen LogP contribution >= 0.6 is 0 Å². The van der Waals surface area contributed by atoms with E-state index < -0.39 is 5.97 Å². The highest BCUT2D eigenvalue weighted by molar-refractivity contribution is 5.92. The molecule has 96 valence electrons. The monoisotopic (exact) mass is 251 g/mol. The van der Waals surface area contributed by atoms with Gasteiger partial charge in [-0.05, 0) is 12.8 Å². The predicted octanol–water partition coefficient (Wildman–Crippen LogP) is 0.0836. The first-order valence-electron chi connectivity index (χ1n) is 5.62. The van der Waals surface area contributed by atoms with Crippen molar-refractivity contribution in [2.75, 3.05) is 13.2 Å². The van der Waals surface area contributed by atoms with Crippen molar-refractivity contribution in [2.45, 2.75) is 18.9 Å². The second kappa shape index (κ2) is 5.54. The van der Waals surface area contributed by atoms with Crippen molar-refractivity contribution >= 4 is 11.9 Å². The summed E-state index contributed by atoms with van der Waals surface area (Å²) >= 11 is 0. The molecule has 0 aromatic carbocycles. The van der Waals surface area contributed by atoms with Crippen molar-refractivity contribution in [2.24, 2.45) is 0 Å². The Kier molecular flexibility index (Phi) is 3.83. The number of carbonyl (C=O) groups excluding carboxylic acids is 1. The maximum atomic E-state index is 11.7. The Morgan fingerprint density at radius 1 is 1.39 bits per heavy atom. The summed E-state index contributed by atoms with van der Waals surface area (Å²) in [6.45, 7) is 1.16. The smallest absolute Gasteiger partial charge is 0.356 e. The summed E-state index contributed by atoms with van der Waals surface area (Å²) in [7, 11) is 0. The summed E-state index contributed by atoms with van der Waals surface area (Å²) in [6.07, 6.45) is 4.20. The van der Waals surface area contributed by atoms with Gasteiger partial charge in [0.15, 0.2) is 5.69 Å². The van der Waals surface area contributed by atoms with Gasteiger partial charge in [0.25, 0.3) is 5.91 Å². The highest BCUT2D eigenvalue weighted by Gasteiger charge is 2.17. The molecule has 1 atom stereocenters. The number of hydrogen-bond donors (Lipinski definition) is 2. The number of carboxylic acids is 1. The lowest BCUT2D eigenvalue weighted by atomic mass is 10.2. The molecule has 0 aliphatic carbocycles. The van der Waals surface area contributed by atoms with E-state index >= 15 is 0 Å².